The third-order valence-electron chi connectivity index (χ3n) is 2.95. The molecule has 0 aromatic heterocycles. The SMILES string of the molecule is CN(C)CCCCNc1ccc(C(N)=S)c(C(F)(F)F)c1. The maximum atomic E-state index is 13.0. The molecule has 0 fully saturated rings. The number of thiocarbonyl (C=S) groups is 1. The molecule has 0 bridgehead atoms. The van der Waals surface area contributed by atoms with Gasteiger partial charge in [0.05, 0.1) is 5.56 Å². The molecule has 1 rings (SSSR count). The average Bonchev–Trinajstić information content (AvgIpc) is 2.36. The molecule has 3 nitrogen and oxygen atoms in total. The predicted octanol–water partition coefficient (Wildman–Crippen LogP) is 3.09. The normalized spacial score (nSPS) is 11.7. The summed E-state index contributed by atoms with van der Waals surface area (Å²) in [7, 11) is 3.97. The summed E-state index contributed by atoms with van der Waals surface area (Å²) in [5.41, 5.74) is 4.82. The lowest BCUT2D eigenvalue weighted by molar-refractivity contribution is -0.137. The van der Waals surface area contributed by atoms with Crippen LogP contribution in [0.1, 0.15) is 24.0 Å². The predicted molar refractivity (Wildman–Crippen MR) is 83.6 cm³/mol. The number of nitrogens with one attached hydrogen (secondary N) is 1. The van der Waals surface area contributed by atoms with Crippen LogP contribution in [0.4, 0.5) is 18.9 Å². The zero-order valence-electron chi connectivity index (χ0n) is 12.1. The van der Waals surface area contributed by atoms with Crippen LogP contribution < -0.4 is 11.1 Å². The summed E-state index contributed by atoms with van der Waals surface area (Å²) in [6.07, 6.45) is -2.60. The van der Waals surface area contributed by atoms with Crippen molar-refractivity contribution in [2.45, 2.75) is 19.0 Å². The lowest BCUT2D eigenvalue weighted by atomic mass is 10.1. The molecule has 3 N–H and O–H groups in total. The molecular weight excluding hydrogens is 299 g/mol. The molecule has 0 saturated heterocycles. The van der Waals surface area contributed by atoms with Crippen LogP contribution in [0.5, 0.6) is 0 Å². The molecule has 0 atom stereocenters. The minimum Gasteiger partial charge on any atom is -0.389 e. The zero-order valence-corrected chi connectivity index (χ0v) is 12.9. The maximum absolute atomic E-state index is 13.0. The van der Waals surface area contributed by atoms with E-state index in [-0.39, 0.29) is 10.6 Å². The molecule has 0 spiro atoms. The molecule has 0 aliphatic carbocycles. The Balaban J connectivity index is 2.71. The Kier molecular flexibility index (Phi) is 6.42. The number of nitrogens with zero attached hydrogens (tertiary/aromatic N) is 1. The largest absolute Gasteiger partial charge is 0.417 e. The summed E-state index contributed by atoms with van der Waals surface area (Å²) in [4.78, 5) is 1.82. The van der Waals surface area contributed by atoms with E-state index in [1.165, 1.54) is 6.07 Å². The van der Waals surface area contributed by atoms with E-state index in [0.717, 1.165) is 25.5 Å². The maximum Gasteiger partial charge on any atom is 0.417 e. The number of benzene rings is 1. The number of hydrogen-bond donors (Lipinski definition) is 2. The lowest BCUT2D eigenvalue weighted by Crippen LogP contribution is -2.18. The fraction of sp³-hybridized carbons (Fsp3) is 0.500. The molecular formula is C14H20F3N3S. The Hall–Kier alpha value is -1.34. The van der Waals surface area contributed by atoms with Gasteiger partial charge in [-0.1, -0.05) is 12.2 Å². The van der Waals surface area contributed by atoms with Gasteiger partial charge in [0.2, 0.25) is 0 Å². The van der Waals surface area contributed by atoms with E-state index < -0.39 is 11.7 Å². The van der Waals surface area contributed by atoms with Crippen molar-refractivity contribution in [3.8, 4) is 0 Å². The Morgan fingerprint density at radius 2 is 1.95 bits per heavy atom. The van der Waals surface area contributed by atoms with Crippen LogP contribution in [-0.2, 0) is 6.18 Å². The van der Waals surface area contributed by atoms with Crippen molar-refractivity contribution < 1.29 is 13.2 Å². The minimum atomic E-state index is -4.47. The van der Waals surface area contributed by atoms with Gasteiger partial charge in [-0.25, -0.2) is 0 Å². The number of hydrogen-bond acceptors (Lipinski definition) is 3. The van der Waals surface area contributed by atoms with Gasteiger partial charge >= 0.3 is 6.18 Å². The molecule has 0 amide bonds. The van der Waals surface area contributed by atoms with Gasteiger partial charge in [-0.2, -0.15) is 13.2 Å². The minimum absolute atomic E-state index is 0.143. The first-order chi connectivity index (χ1) is 9.71. The van der Waals surface area contributed by atoms with Crippen LogP contribution in [0.25, 0.3) is 0 Å². The van der Waals surface area contributed by atoms with Gasteiger partial charge in [0.15, 0.2) is 0 Å². The van der Waals surface area contributed by atoms with Gasteiger partial charge < -0.3 is 16.0 Å². The van der Waals surface area contributed by atoms with Crippen LogP contribution in [0.3, 0.4) is 0 Å². The topological polar surface area (TPSA) is 41.3 Å². The lowest BCUT2D eigenvalue weighted by Gasteiger charge is -2.15. The highest BCUT2D eigenvalue weighted by molar-refractivity contribution is 7.80. The van der Waals surface area contributed by atoms with Crippen molar-refractivity contribution in [1.29, 1.82) is 0 Å². The van der Waals surface area contributed by atoms with Gasteiger partial charge in [0.1, 0.15) is 4.99 Å². The molecule has 1 aromatic carbocycles. The summed E-state index contributed by atoms with van der Waals surface area (Å²) in [5, 5.41) is 2.99. The van der Waals surface area contributed by atoms with Crippen LogP contribution in [0, 0.1) is 0 Å². The van der Waals surface area contributed by atoms with Gasteiger partial charge in [-0.3, -0.25) is 0 Å². The van der Waals surface area contributed by atoms with Crippen molar-refractivity contribution in [2.75, 3.05) is 32.5 Å². The monoisotopic (exact) mass is 319 g/mol. The second-order valence-electron chi connectivity index (χ2n) is 5.06. The number of halogens is 3. The Morgan fingerprint density at radius 3 is 2.48 bits per heavy atom. The Morgan fingerprint density at radius 1 is 1.29 bits per heavy atom. The number of unbranched alkanes of at least 4 members (excludes halogenated alkanes) is 1. The highest BCUT2D eigenvalue weighted by atomic mass is 32.1. The molecule has 0 unspecified atom stereocenters. The number of anilines is 1. The Labute approximate surface area is 128 Å². The van der Waals surface area contributed by atoms with E-state index in [0.29, 0.717) is 12.2 Å². The fourth-order valence-corrected chi connectivity index (χ4v) is 2.07. The van der Waals surface area contributed by atoms with Gasteiger partial charge in [-0.05, 0) is 51.7 Å². The second kappa shape index (κ2) is 7.61. The summed E-state index contributed by atoms with van der Waals surface area (Å²) in [6.45, 7) is 1.58. The van der Waals surface area contributed by atoms with E-state index >= 15 is 0 Å². The van der Waals surface area contributed by atoms with Crippen molar-refractivity contribution in [3.05, 3.63) is 29.3 Å². The van der Waals surface area contributed by atoms with Crippen molar-refractivity contribution in [3.63, 3.8) is 0 Å². The Bertz CT molecular complexity index is 487. The quantitative estimate of drug-likeness (QED) is 0.598. The first-order valence-electron chi connectivity index (χ1n) is 6.61. The summed E-state index contributed by atoms with van der Waals surface area (Å²) >= 11 is 4.66. The zero-order chi connectivity index (χ0) is 16.0. The van der Waals surface area contributed by atoms with Gasteiger partial charge in [0.25, 0.3) is 0 Å². The van der Waals surface area contributed by atoms with Crippen LogP contribution in [0.15, 0.2) is 18.2 Å². The number of rotatable bonds is 7. The molecule has 0 saturated carbocycles. The van der Waals surface area contributed by atoms with Crippen molar-refractivity contribution >= 4 is 22.9 Å². The standard InChI is InChI=1S/C14H20F3N3S/c1-20(2)8-4-3-7-19-10-5-6-11(13(18)21)12(9-10)14(15,16)17/h5-6,9,19H,3-4,7-8H2,1-2H3,(H2,18,21). The smallest absolute Gasteiger partial charge is 0.389 e. The third kappa shape index (κ3) is 5.89. The summed E-state index contributed by atoms with van der Waals surface area (Å²) in [5.74, 6) is 0. The molecule has 0 heterocycles. The first kappa shape index (κ1) is 17.7. The molecule has 1 aromatic rings. The third-order valence-corrected chi connectivity index (χ3v) is 3.17. The van der Waals surface area contributed by atoms with Crippen LogP contribution >= 0.6 is 12.2 Å². The van der Waals surface area contributed by atoms with Crippen LogP contribution in [0.2, 0.25) is 0 Å². The molecule has 7 heteroatoms. The van der Waals surface area contributed by atoms with Crippen molar-refractivity contribution in [2.24, 2.45) is 5.73 Å². The second-order valence-corrected chi connectivity index (χ2v) is 5.50. The highest BCUT2D eigenvalue weighted by Crippen LogP contribution is 2.33. The van der Waals surface area contributed by atoms with E-state index in [4.69, 9.17) is 5.73 Å². The van der Waals surface area contributed by atoms with E-state index in [1.807, 2.05) is 14.1 Å². The molecule has 0 aliphatic heterocycles. The van der Waals surface area contributed by atoms with E-state index in [9.17, 15) is 13.2 Å². The summed E-state index contributed by atoms with van der Waals surface area (Å²) < 4.78 is 38.9. The van der Waals surface area contributed by atoms with Crippen LogP contribution in [-0.4, -0.2) is 37.1 Å². The molecule has 21 heavy (non-hydrogen) atoms. The van der Waals surface area contributed by atoms with E-state index in [1.54, 1.807) is 6.07 Å². The molecule has 0 aliphatic rings. The fourth-order valence-electron chi connectivity index (χ4n) is 1.89. The molecule has 118 valence electrons. The van der Waals surface area contributed by atoms with Crippen molar-refractivity contribution in [1.82, 2.24) is 4.90 Å². The van der Waals surface area contributed by atoms with Gasteiger partial charge in [-0.15, -0.1) is 0 Å². The molecule has 0 radical (unpaired) electrons. The van der Waals surface area contributed by atoms with E-state index in [2.05, 4.69) is 22.4 Å². The highest BCUT2D eigenvalue weighted by Gasteiger charge is 2.34. The van der Waals surface area contributed by atoms with Gasteiger partial charge in [0, 0.05) is 17.8 Å². The summed E-state index contributed by atoms with van der Waals surface area (Å²) in [6, 6.07) is 3.93. The number of alkyl halides is 3. The average molecular weight is 319 g/mol. The number of nitrogens with two attached hydrogens (primary N) is 1. The first-order valence-corrected chi connectivity index (χ1v) is 7.02.